The molecule has 2 aliphatic rings. The molecule has 2 rings (SSSR count). The average Bonchev–Trinajstić information content (AvgIpc) is 2.59. The number of fused-ring (bicyclic) bond motifs is 2. The molecule has 108 valence electrons. The van der Waals surface area contributed by atoms with E-state index < -0.39 is 23.8 Å². The lowest BCUT2D eigenvalue weighted by Gasteiger charge is -2.38. The van der Waals surface area contributed by atoms with Gasteiger partial charge in [-0.2, -0.15) is 13.2 Å². The van der Waals surface area contributed by atoms with Gasteiger partial charge in [0.05, 0.1) is 0 Å². The Morgan fingerprint density at radius 1 is 1.32 bits per heavy atom. The van der Waals surface area contributed by atoms with Crippen molar-refractivity contribution in [1.82, 2.24) is 0 Å². The number of hydrogen-bond donors (Lipinski definition) is 0. The highest BCUT2D eigenvalue weighted by atomic mass is 19.4. The minimum atomic E-state index is -4.72. The highest BCUT2D eigenvalue weighted by molar-refractivity contribution is 5.89. The number of carbonyl (C=O) groups excluding carboxylic acids is 1. The summed E-state index contributed by atoms with van der Waals surface area (Å²) < 4.78 is 42.3. The van der Waals surface area contributed by atoms with Crippen LogP contribution in [0.4, 0.5) is 13.2 Å². The average molecular weight is 276 g/mol. The fraction of sp³-hybridized carbons (Fsp3) is 0.786. The van der Waals surface area contributed by atoms with Gasteiger partial charge in [-0.1, -0.05) is 27.4 Å². The van der Waals surface area contributed by atoms with Gasteiger partial charge in [-0.3, -0.25) is 0 Å². The molecule has 2 bridgehead atoms. The molecular weight excluding hydrogens is 257 g/mol. The molecule has 0 amide bonds. The number of rotatable bonds is 2. The van der Waals surface area contributed by atoms with Gasteiger partial charge in [-0.05, 0) is 30.6 Å². The van der Waals surface area contributed by atoms with E-state index in [1.54, 1.807) is 0 Å². The second kappa shape index (κ2) is 4.00. The number of alkyl halides is 3. The number of ether oxygens (including phenoxy) is 1. The van der Waals surface area contributed by atoms with Crippen molar-refractivity contribution in [2.75, 3.05) is 0 Å². The molecule has 0 spiro atoms. The molecule has 0 radical (unpaired) electrons. The minimum absolute atomic E-state index is 0.00247. The first-order valence-electron chi connectivity index (χ1n) is 6.47. The topological polar surface area (TPSA) is 26.3 Å². The Hall–Kier alpha value is -1.00. The van der Waals surface area contributed by atoms with E-state index in [-0.39, 0.29) is 10.8 Å². The van der Waals surface area contributed by atoms with Gasteiger partial charge in [-0.25, -0.2) is 4.79 Å². The molecule has 0 heterocycles. The molecule has 5 heteroatoms. The molecule has 0 N–H and O–H groups in total. The van der Waals surface area contributed by atoms with Gasteiger partial charge in [0, 0.05) is 5.41 Å². The zero-order valence-corrected chi connectivity index (χ0v) is 11.4. The summed E-state index contributed by atoms with van der Waals surface area (Å²) in [4.78, 5) is 11.5. The fourth-order valence-electron chi connectivity index (χ4n) is 3.62. The van der Waals surface area contributed by atoms with E-state index in [2.05, 4.69) is 20.4 Å². The Bertz CT molecular complexity index is 425. The van der Waals surface area contributed by atoms with Crippen molar-refractivity contribution in [2.24, 2.45) is 16.7 Å². The molecule has 0 saturated heterocycles. The first kappa shape index (κ1) is 14.4. The molecule has 0 aromatic rings. The summed E-state index contributed by atoms with van der Waals surface area (Å²) in [6, 6.07) is 0. The van der Waals surface area contributed by atoms with Crippen LogP contribution in [0.3, 0.4) is 0 Å². The molecule has 0 aliphatic heterocycles. The van der Waals surface area contributed by atoms with E-state index in [1.165, 1.54) is 0 Å². The Balaban J connectivity index is 2.11. The molecule has 2 saturated carbocycles. The standard InChI is InChI=1S/C14H19F3O2/c1-8(14(15,16)17)11(18)19-10-7-9-5-6-13(10,4)12(9,2)3/h9-10H,1,5-7H2,2-4H3/t9-,10?,13-/m1/s1. The Kier molecular flexibility index (Phi) is 3.03. The maximum Gasteiger partial charge on any atom is 0.422 e. The molecule has 2 nitrogen and oxygen atoms in total. The molecule has 0 aromatic carbocycles. The highest BCUT2D eigenvalue weighted by Gasteiger charge is 2.63. The van der Waals surface area contributed by atoms with Crippen LogP contribution in [-0.4, -0.2) is 18.2 Å². The second-order valence-corrected chi connectivity index (χ2v) is 6.48. The van der Waals surface area contributed by atoms with Crippen molar-refractivity contribution in [1.29, 1.82) is 0 Å². The van der Waals surface area contributed by atoms with E-state index >= 15 is 0 Å². The van der Waals surface area contributed by atoms with Gasteiger partial charge < -0.3 is 4.74 Å². The van der Waals surface area contributed by atoms with E-state index in [0.29, 0.717) is 12.3 Å². The SMILES string of the molecule is C=C(C(=O)OC1C[C@H]2CC[C@@]1(C)C2(C)C)C(F)(F)F. The quantitative estimate of drug-likeness (QED) is 0.565. The summed E-state index contributed by atoms with van der Waals surface area (Å²) >= 11 is 0. The monoisotopic (exact) mass is 276 g/mol. The Morgan fingerprint density at radius 3 is 2.26 bits per heavy atom. The lowest BCUT2D eigenvalue weighted by Crippen LogP contribution is -2.39. The zero-order chi connectivity index (χ0) is 14.6. The van der Waals surface area contributed by atoms with Crippen LogP contribution in [0.5, 0.6) is 0 Å². The maximum absolute atomic E-state index is 12.4. The first-order valence-corrected chi connectivity index (χ1v) is 6.47. The summed E-state index contributed by atoms with van der Waals surface area (Å²) in [5.74, 6) is -0.920. The molecular formula is C14H19F3O2. The predicted molar refractivity (Wildman–Crippen MR) is 64.3 cm³/mol. The van der Waals surface area contributed by atoms with E-state index in [1.807, 2.05) is 6.92 Å². The van der Waals surface area contributed by atoms with Crippen LogP contribution >= 0.6 is 0 Å². The Labute approximate surface area is 111 Å². The normalized spacial score (nSPS) is 36.3. The molecule has 1 unspecified atom stereocenters. The third kappa shape index (κ3) is 1.98. The first-order chi connectivity index (χ1) is 8.50. The van der Waals surface area contributed by atoms with Crippen LogP contribution in [0.25, 0.3) is 0 Å². The van der Waals surface area contributed by atoms with Crippen LogP contribution in [0.15, 0.2) is 12.2 Å². The van der Waals surface area contributed by atoms with Gasteiger partial charge >= 0.3 is 12.1 Å². The van der Waals surface area contributed by atoms with E-state index in [9.17, 15) is 18.0 Å². The molecule has 19 heavy (non-hydrogen) atoms. The number of esters is 1. The third-order valence-electron chi connectivity index (χ3n) is 5.55. The predicted octanol–water partition coefficient (Wildman–Crippen LogP) is 3.86. The Morgan fingerprint density at radius 2 is 1.89 bits per heavy atom. The summed E-state index contributed by atoms with van der Waals surface area (Å²) in [5, 5.41) is 0. The van der Waals surface area contributed by atoms with Crippen LogP contribution < -0.4 is 0 Å². The van der Waals surface area contributed by atoms with Crippen molar-refractivity contribution in [3.8, 4) is 0 Å². The van der Waals surface area contributed by atoms with E-state index in [0.717, 1.165) is 12.8 Å². The van der Waals surface area contributed by atoms with Crippen molar-refractivity contribution in [2.45, 2.75) is 52.3 Å². The van der Waals surface area contributed by atoms with Crippen LogP contribution in [0.1, 0.15) is 40.0 Å². The van der Waals surface area contributed by atoms with Crippen LogP contribution in [0.2, 0.25) is 0 Å². The number of halogens is 3. The number of carbonyl (C=O) groups is 1. The number of hydrogen-bond acceptors (Lipinski definition) is 2. The van der Waals surface area contributed by atoms with Crippen LogP contribution in [-0.2, 0) is 9.53 Å². The molecule has 3 atom stereocenters. The van der Waals surface area contributed by atoms with Gasteiger partial charge in [0.2, 0.25) is 0 Å². The lowest BCUT2D eigenvalue weighted by atomic mass is 9.70. The summed E-state index contributed by atoms with van der Waals surface area (Å²) in [5.41, 5.74) is -1.66. The fourth-order valence-corrected chi connectivity index (χ4v) is 3.62. The van der Waals surface area contributed by atoms with Crippen molar-refractivity contribution in [3.63, 3.8) is 0 Å². The molecule has 0 aromatic heterocycles. The van der Waals surface area contributed by atoms with Crippen molar-refractivity contribution < 1.29 is 22.7 Å². The smallest absolute Gasteiger partial charge is 0.422 e. The van der Waals surface area contributed by atoms with E-state index in [4.69, 9.17) is 4.74 Å². The molecule has 2 aliphatic carbocycles. The van der Waals surface area contributed by atoms with Gasteiger partial charge in [0.25, 0.3) is 0 Å². The summed E-state index contributed by atoms with van der Waals surface area (Å²) in [6.45, 7) is 9.01. The largest absolute Gasteiger partial charge is 0.458 e. The minimum Gasteiger partial charge on any atom is -0.458 e. The van der Waals surface area contributed by atoms with Gasteiger partial charge in [-0.15, -0.1) is 0 Å². The summed E-state index contributed by atoms with van der Waals surface area (Å²) in [6.07, 6.45) is -2.56. The molecule has 2 fully saturated rings. The highest BCUT2D eigenvalue weighted by Crippen LogP contribution is 2.66. The van der Waals surface area contributed by atoms with Gasteiger partial charge in [0.1, 0.15) is 11.7 Å². The second-order valence-electron chi connectivity index (χ2n) is 6.48. The van der Waals surface area contributed by atoms with Crippen LogP contribution in [0, 0.1) is 16.7 Å². The summed E-state index contributed by atoms with van der Waals surface area (Å²) in [7, 11) is 0. The third-order valence-corrected chi connectivity index (χ3v) is 5.55. The maximum atomic E-state index is 12.4. The van der Waals surface area contributed by atoms with Crippen molar-refractivity contribution >= 4 is 5.97 Å². The van der Waals surface area contributed by atoms with Gasteiger partial charge in [0.15, 0.2) is 0 Å². The zero-order valence-electron chi connectivity index (χ0n) is 11.4. The van der Waals surface area contributed by atoms with Crippen molar-refractivity contribution in [3.05, 3.63) is 12.2 Å². The lowest BCUT2D eigenvalue weighted by molar-refractivity contribution is -0.162.